The number of rotatable bonds is 10. The second-order valence-corrected chi connectivity index (χ2v) is 10.1. The molecule has 0 amide bonds. The zero-order valence-electron chi connectivity index (χ0n) is 22.9. The van der Waals surface area contributed by atoms with Crippen molar-refractivity contribution >= 4 is 13.7 Å². The van der Waals surface area contributed by atoms with E-state index in [0.29, 0.717) is 4.57 Å². The third-order valence-electron chi connectivity index (χ3n) is 5.02. The van der Waals surface area contributed by atoms with Gasteiger partial charge in [0.05, 0.1) is 16.8 Å². The SMILES string of the molecule is [2H]c1cn(C2OC(C([2H])([2H])O[P@](=O)(N[C@@H](C)C(=O)OC(C)C)Oc3ccccc3)[C@@H](O)[C@@]2(C)O)c(=O)[nH]c1=O. The van der Waals surface area contributed by atoms with Gasteiger partial charge in [0.2, 0.25) is 0 Å². The third kappa shape index (κ3) is 6.49. The number of hydrogen-bond acceptors (Lipinski definition) is 10. The van der Waals surface area contributed by atoms with Crippen LogP contribution in [0.2, 0.25) is 0 Å². The molecule has 2 heterocycles. The first-order valence-electron chi connectivity index (χ1n) is 12.4. The Kier molecular flexibility index (Phi) is 7.26. The maximum atomic E-state index is 13.8. The average Bonchev–Trinajstić information content (AvgIpc) is 3.05. The van der Waals surface area contributed by atoms with E-state index in [9.17, 15) is 29.2 Å². The fraction of sp³-hybridized carbons (Fsp3) is 0.500. The first kappa shape index (κ1) is 23.6. The summed E-state index contributed by atoms with van der Waals surface area (Å²) in [6.07, 6.45) is -5.73. The highest BCUT2D eigenvalue weighted by molar-refractivity contribution is 7.52. The van der Waals surface area contributed by atoms with E-state index in [1.807, 2.05) is 4.98 Å². The summed E-state index contributed by atoms with van der Waals surface area (Å²) >= 11 is 0. The Morgan fingerprint density at radius 1 is 1.36 bits per heavy atom. The van der Waals surface area contributed by atoms with Gasteiger partial charge in [-0.15, -0.1) is 0 Å². The molecule has 0 bridgehead atoms. The number of carbonyl (C=O) groups is 1. The topological polar surface area (TPSA) is 178 Å². The number of aliphatic hydroxyl groups excluding tert-OH is 1. The van der Waals surface area contributed by atoms with Crippen molar-refractivity contribution in [1.82, 2.24) is 14.6 Å². The molecule has 1 aliphatic heterocycles. The lowest BCUT2D eigenvalue weighted by Gasteiger charge is -2.27. The zero-order valence-corrected chi connectivity index (χ0v) is 20.8. The number of para-hydroxylation sites is 1. The largest absolute Gasteiger partial charge is 0.462 e. The summed E-state index contributed by atoms with van der Waals surface area (Å²) in [7, 11) is -4.80. The fourth-order valence-corrected chi connectivity index (χ4v) is 4.60. The highest BCUT2D eigenvalue weighted by atomic mass is 31.2. The summed E-state index contributed by atoms with van der Waals surface area (Å²) in [6.45, 7) is 2.32. The number of aliphatic hydroxyl groups is 2. The number of carbonyl (C=O) groups excluding carboxylic acids is 1. The van der Waals surface area contributed by atoms with Crippen molar-refractivity contribution in [2.75, 3.05) is 6.56 Å². The smallest absolute Gasteiger partial charge is 0.459 e. The minimum Gasteiger partial charge on any atom is -0.462 e. The minimum atomic E-state index is -4.80. The van der Waals surface area contributed by atoms with Crippen LogP contribution in [0.15, 0.2) is 52.2 Å². The molecule has 4 N–H and O–H groups in total. The molecular weight excluding hydrogens is 497 g/mol. The molecule has 6 atom stereocenters. The van der Waals surface area contributed by atoms with E-state index in [1.54, 1.807) is 32.0 Å². The number of aromatic nitrogens is 2. The molecule has 2 aromatic rings. The zero-order chi connectivity index (χ0) is 29.3. The Bertz CT molecular complexity index is 1350. The molecule has 1 aromatic heterocycles. The van der Waals surface area contributed by atoms with E-state index >= 15 is 0 Å². The number of hydrogen-bond donors (Lipinski definition) is 4. The molecule has 14 heteroatoms. The molecule has 0 radical (unpaired) electrons. The second-order valence-electron chi connectivity index (χ2n) is 8.47. The van der Waals surface area contributed by atoms with Gasteiger partial charge >= 0.3 is 19.4 Å². The minimum absolute atomic E-state index is 0.0194. The Morgan fingerprint density at radius 2 is 2.03 bits per heavy atom. The van der Waals surface area contributed by atoms with Gasteiger partial charge in [-0.25, -0.2) is 9.36 Å². The van der Waals surface area contributed by atoms with Gasteiger partial charge in [-0.1, -0.05) is 18.2 Å². The fourth-order valence-electron chi connectivity index (χ4n) is 3.24. The lowest BCUT2D eigenvalue weighted by atomic mass is 9.96. The molecular formula is C22H30N3O10P. The van der Waals surface area contributed by atoms with E-state index < -0.39 is 73.7 Å². The molecule has 1 fully saturated rings. The molecule has 2 unspecified atom stereocenters. The summed E-state index contributed by atoms with van der Waals surface area (Å²) in [4.78, 5) is 38.1. The van der Waals surface area contributed by atoms with Crippen molar-refractivity contribution in [2.45, 2.75) is 63.9 Å². The van der Waals surface area contributed by atoms with Crippen LogP contribution in [0.1, 0.15) is 38.0 Å². The lowest BCUT2D eigenvalue weighted by molar-refractivity contribution is -0.149. The summed E-state index contributed by atoms with van der Waals surface area (Å²) in [5, 5.41) is 24.0. The Balaban J connectivity index is 1.94. The predicted octanol–water partition coefficient (Wildman–Crippen LogP) is 0.679. The van der Waals surface area contributed by atoms with E-state index in [-0.39, 0.29) is 5.75 Å². The first-order valence-corrected chi connectivity index (χ1v) is 12.4. The van der Waals surface area contributed by atoms with Crippen LogP contribution < -0.4 is 20.9 Å². The van der Waals surface area contributed by atoms with Gasteiger partial charge in [-0.2, -0.15) is 5.09 Å². The normalized spacial score (nSPS) is 28.0. The van der Waals surface area contributed by atoms with E-state index in [2.05, 4.69) is 5.09 Å². The molecule has 0 aliphatic carbocycles. The number of esters is 1. The van der Waals surface area contributed by atoms with Crippen LogP contribution >= 0.6 is 7.75 Å². The van der Waals surface area contributed by atoms with Crippen LogP contribution in [0.4, 0.5) is 0 Å². The molecule has 13 nitrogen and oxygen atoms in total. The van der Waals surface area contributed by atoms with Gasteiger partial charge in [0, 0.05) is 12.2 Å². The lowest BCUT2D eigenvalue weighted by Crippen LogP contribution is -2.47. The first-order chi connectivity index (χ1) is 18.0. The molecule has 0 spiro atoms. The number of H-pyrrole nitrogens is 1. The van der Waals surface area contributed by atoms with Crippen LogP contribution in [0.25, 0.3) is 0 Å². The summed E-state index contributed by atoms with van der Waals surface area (Å²) in [5.41, 5.74) is -4.48. The molecule has 1 aromatic carbocycles. The number of aromatic amines is 1. The summed E-state index contributed by atoms with van der Waals surface area (Å²) in [5.74, 6) is -0.857. The molecule has 0 saturated carbocycles. The summed E-state index contributed by atoms with van der Waals surface area (Å²) in [6, 6.07) is 5.54. The van der Waals surface area contributed by atoms with Crippen molar-refractivity contribution in [1.29, 1.82) is 0 Å². The third-order valence-corrected chi connectivity index (χ3v) is 6.52. The number of benzene rings is 1. The van der Waals surface area contributed by atoms with Crippen LogP contribution in [-0.4, -0.2) is 62.2 Å². The monoisotopic (exact) mass is 530 g/mol. The van der Waals surface area contributed by atoms with Crippen molar-refractivity contribution in [3.63, 3.8) is 0 Å². The highest BCUT2D eigenvalue weighted by Gasteiger charge is 2.54. The Morgan fingerprint density at radius 3 is 2.67 bits per heavy atom. The van der Waals surface area contributed by atoms with Gasteiger partial charge in [0.25, 0.3) is 5.56 Å². The molecule has 1 saturated heterocycles. The van der Waals surface area contributed by atoms with Crippen molar-refractivity contribution < 1.29 is 42.2 Å². The van der Waals surface area contributed by atoms with Crippen LogP contribution in [-0.2, 0) is 23.4 Å². The van der Waals surface area contributed by atoms with Gasteiger partial charge in [0.15, 0.2) is 6.23 Å². The van der Waals surface area contributed by atoms with E-state index in [1.165, 1.54) is 19.1 Å². The maximum absolute atomic E-state index is 13.8. The van der Waals surface area contributed by atoms with Crippen molar-refractivity contribution in [3.05, 3.63) is 63.4 Å². The van der Waals surface area contributed by atoms with Crippen LogP contribution in [0.3, 0.4) is 0 Å². The molecule has 3 rings (SSSR count). The van der Waals surface area contributed by atoms with E-state index in [4.69, 9.17) is 22.6 Å². The van der Waals surface area contributed by atoms with Gasteiger partial charge < -0.3 is 24.2 Å². The van der Waals surface area contributed by atoms with Crippen molar-refractivity contribution in [3.8, 4) is 5.75 Å². The average molecular weight is 530 g/mol. The molecule has 36 heavy (non-hydrogen) atoms. The Hall–Kier alpha value is -2.80. The molecule has 198 valence electrons. The number of nitrogens with zero attached hydrogens (tertiary/aromatic N) is 1. The number of ether oxygens (including phenoxy) is 2. The van der Waals surface area contributed by atoms with Crippen LogP contribution in [0, 0.1) is 0 Å². The quantitative estimate of drug-likeness (QED) is 0.251. The maximum Gasteiger partial charge on any atom is 0.459 e. The highest BCUT2D eigenvalue weighted by Crippen LogP contribution is 2.46. The van der Waals surface area contributed by atoms with Crippen LogP contribution in [0.5, 0.6) is 5.75 Å². The standard InChI is InChI=1S/C22H30N3O10P/c1-13(2)33-19(28)14(3)24-36(31,35-15-8-6-5-7-9-15)32-12-16-18(27)22(4,30)20(34-16)25-11-10-17(26)23-21(25)29/h5-11,13-14,16,18,20,27,30H,12H2,1-4H3,(H,24,31)(H,23,26,29)/t14-,16?,18+,20?,22+,36+/m0/s1/i10D,12D2. The predicted molar refractivity (Wildman–Crippen MR) is 126 cm³/mol. The number of nitrogens with one attached hydrogen (secondary N) is 2. The Labute approximate surface area is 210 Å². The van der Waals surface area contributed by atoms with Gasteiger partial charge in [0.1, 0.15) is 29.6 Å². The summed E-state index contributed by atoms with van der Waals surface area (Å²) < 4.78 is 60.2. The second kappa shape index (κ2) is 11.1. The van der Waals surface area contributed by atoms with E-state index in [0.717, 1.165) is 13.1 Å². The van der Waals surface area contributed by atoms with Gasteiger partial charge in [-0.3, -0.25) is 23.7 Å². The van der Waals surface area contributed by atoms with Gasteiger partial charge in [-0.05, 0) is 39.8 Å². The molecule has 1 aliphatic rings. The van der Waals surface area contributed by atoms with Crippen molar-refractivity contribution in [2.24, 2.45) is 0 Å².